The Kier molecular flexibility index (Phi) is 4.38. The number of thiophene rings is 1. The van der Waals surface area contributed by atoms with Crippen molar-refractivity contribution in [1.29, 1.82) is 0 Å². The number of aromatic amines is 1. The maximum atomic E-state index is 12.8. The van der Waals surface area contributed by atoms with E-state index in [1.54, 1.807) is 9.80 Å². The van der Waals surface area contributed by atoms with E-state index >= 15 is 0 Å². The Morgan fingerprint density at radius 3 is 2.88 bits per heavy atom. The van der Waals surface area contributed by atoms with Crippen molar-refractivity contribution in [3.8, 4) is 5.75 Å². The van der Waals surface area contributed by atoms with Gasteiger partial charge in [-0.15, -0.1) is 11.3 Å². The van der Waals surface area contributed by atoms with Crippen molar-refractivity contribution >= 4 is 39.1 Å². The summed E-state index contributed by atoms with van der Waals surface area (Å²) in [5.74, 6) is 0.556. The van der Waals surface area contributed by atoms with Crippen LogP contribution in [-0.2, 0) is 4.79 Å². The largest absolute Gasteiger partial charge is 0.494 e. The van der Waals surface area contributed by atoms with Crippen LogP contribution in [0.15, 0.2) is 41.8 Å². The summed E-state index contributed by atoms with van der Waals surface area (Å²) < 4.78 is 5.50. The zero-order valence-corrected chi connectivity index (χ0v) is 15.2. The van der Waals surface area contributed by atoms with Gasteiger partial charge in [-0.25, -0.2) is 0 Å². The van der Waals surface area contributed by atoms with Crippen LogP contribution in [-0.4, -0.2) is 47.9 Å². The van der Waals surface area contributed by atoms with Gasteiger partial charge in [-0.1, -0.05) is 0 Å². The molecule has 1 saturated heterocycles. The molecule has 0 bridgehead atoms. The van der Waals surface area contributed by atoms with Gasteiger partial charge in [0, 0.05) is 30.1 Å². The second-order valence-electron chi connectivity index (χ2n) is 6.09. The molecule has 7 heteroatoms. The summed E-state index contributed by atoms with van der Waals surface area (Å²) in [5.41, 5.74) is 1.34. The van der Waals surface area contributed by atoms with E-state index in [9.17, 15) is 9.59 Å². The highest BCUT2D eigenvalue weighted by Gasteiger charge is 2.29. The summed E-state index contributed by atoms with van der Waals surface area (Å²) in [6.45, 7) is 3.65. The van der Waals surface area contributed by atoms with E-state index in [4.69, 9.17) is 4.74 Å². The Morgan fingerprint density at radius 1 is 1.27 bits per heavy atom. The molecular weight excluding hydrogens is 350 g/mol. The minimum Gasteiger partial charge on any atom is -0.494 e. The minimum absolute atomic E-state index is 0.0539. The Labute approximate surface area is 155 Å². The molecule has 1 aromatic carbocycles. The summed E-state index contributed by atoms with van der Waals surface area (Å²) in [4.78, 5) is 31.7. The summed E-state index contributed by atoms with van der Waals surface area (Å²) >= 11 is 1.53. The molecule has 0 saturated carbocycles. The lowest BCUT2D eigenvalue weighted by atomic mass is 10.2. The second kappa shape index (κ2) is 6.84. The van der Waals surface area contributed by atoms with Crippen LogP contribution >= 0.6 is 11.3 Å². The number of nitrogens with one attached hydrogen (secondary N) is 1. The number of aromatic nitrogens is 1. The third-order valence-corrected chi connectivity index (χ3v) is 5.31. The molecule has 3 aromatic rings. The van der Waals surface area contributed by atoms with Crippen LogP contribution in [0.3, 0.4) is 0 Å². The van der Waals surface area contributed by atoms with E-state index in [-0.39, 0.29) is 18.4 Å². The monoisotopic (exact) mass is 369 g/mol. The third-order valence-electron chi connectivity index (χ3n) is 4.42. The van der Waals surface area contributed by atoms with Crippen molar-refractivity contribution in [2.45, 2.75) is 6.92 Å². The molecule has 1 fully saturated rings. The smallest absolute Gasteiger partial charge is 0.270 e. The first kappa shape index (κ1) is 16.7. The van der Waals surface area contributed by atoms with Gasteiger partial charge in [-0.2, -0.15) is 0 Å². The lowest BCUT2D eigenvalue weighted by Gasteiger charge is -2.33. The molecule has 2 aromatic heterocycles. The van der Waals surface area contributed by atoms with E-state index in [2.05, 4.69) is 4.98 Å². The van der Waals surface area contributed by atoms with E-state index in [0.717, 1.165) is 21.7 Å². The molecule has 1 aliphatic rings. The van der Waals surface area contributed by atoms with Crippen molar-refractivity contribution in [2.24, 2.45) is 0 Å². The van der Waals surface area contributed by atoms with Crippen LogP contribution in [0.25, 0.3) is 10.9 Å². The van der Waals surface area contributed by atoms with Crippen LogP contribution in [0.4, 0.5) is 5.00 Å². The average molecular weight is 369 g/mol. The molecule has 134 valence electrons. The third kappa shape index (κ3) is 3.06. The van der Waals surface area contributed by atoms with Gasteiger partial charge in [-0.05, 0) is 42.6 Å². The molecule has 3 heterocycles. The van der Waals surface area contributed by atoms with Crippen LogP contribution in [0.5, 0.6) is 5.75 Å². The zero-order chi connectivity index (χ0) is 18.1. The maximum Gasteiger partial charge on any atom is 0.270 e. The summed E-state index contributed by atoms with van der Waals surface area (Å²) in [7, 11) is 0. The molecule has 0 atom stereocenters. The first-order valence-corrected chi connectivity index (χ1v) is 9.42. The number of nitrogens with zero attached hydrogens (tertiary/aromatic N) is 2. The fraction of sp³-hybridized carbons (Fsp3) is 0.263. The van der Waals surface area contributed by atoms with Gasteiger partial charge in [-0.3, -0.25) is 9.59 Å². The number of carbonyl (C=O) groups is 2. The maximum absolute atomic E-state index is 12.8. The molecule has 0 aliphatic carbocycles. The quantitative estimate of drug-likeness (QED) is 0.768. The van der Waals surface area contributed by atoms with Crippen molar-refractivity contribution in [3.05, 3.63) is 47.5 Å². The number of hydrogen-bond acceptors (Lipinski definition) is 4. The second-order valence-corrected chi connectivity index (χ2v) is 7.01. The molecule has 1 N–H and O–H groups in total. The zero-order valence-electron chi connectivity index (χ0n) is 14.4. The number of ether oxygens (including phenoxy) is 1. The minimum atomic E-state index is -0.154. The Bertz CT molecular complexity index is 948. The van der Waals surface area contributed by atoms with Gasteiger partial charge in [0.1, 0.15) is 18.0 Å². The van der Waals surface area contributed by atoms with Crippen molar-refractivity contribution in [3.63, 3.8) is 0 Å². The number of piperazine rings is 1. The van der Waals surface area contributed by atoms with E-state index < -0.39 is 0 Å². The van der Waals surface area contributed by atoms with Crippen LogP contribution in [0, 0.1) is 0 Å². The van der Waals surface area contributed by atoms with Gasteiger partial charge < -0.3 is 19.5 Å². The van der Waals surface area contributed by atoms with E-state index in [0.29, 0.717) is 25.4 Å². The predicted molar refractivity (Wildman–Crippen MR) is 102 cm³/mol. The Balaban J connectivity index is 1.51. The van der Waals surface area contributed by atoms with Crippen LogP contribution in [0.1, 0.15) is 17.4 Å². The topological polar surface area (TPSA) is 65.6 Å². The molecule has 0 spiro atoms. The van der Waals surface area contributed by atoms with E-state index in [1.165, 1.54) is 11.3 Å². The Morgan fingerprint density at radius 2 is 2.15 bits per heavy atom. The van der Waals surface area contributed by atoms with Crippen molar-refractivity contribution in [2.75, 3.05) is 31.1 Å². The fourth-order valence-electron chi connectivity index (χ4n) is 3.15. The van der Waals surface area contributed by atoms with Crippen molar-refractivity contribution in [1.82, 2.24) is 9.88 Å². The highest BCUT2D eigenvalue weighted by molar-refractivity contribution is 7.14. The van der Waals surface area contributed by atoms with Crippen LogP contribution in [0.2, 0.25) is 0 Å². The summed E-state index contributed by atoms with van der Waals surface area (Å²) in [5, 5.41) is 3.82. The number of anilines is 1. The number of rotatable bonds is 4. The number of carbonyl (C=O) groups excluding carboxylic acids is 2. The first-order valence-electron chi connectivity index (χ1n) is 8.54. The molecule has 26 heavy (non-hydrogen) atoms. The summed E-state index contributed by atoms with van der Waals surface area (Å²) in [6, 6.07) is 11.4. The van der Waals surface area contributed by atoms with Gasteiger partial charge in [0.05, 0.1) is 11.6 Å². The van der Waals surface area contributed by atoms with E-state index in [1.807, 2.05) is 48.7 Å². The normalized spacial score (nSPS) is 14.9. The molecule has 0 radical (unpaired) electrons. The first-order chi connectivity index (χ1) is 12.7. The lowest BCUT2D eigenvalue weighted by molar-refractivity contribution is -0.120. The van der Waals surface area contributed by atoms with Crippen molar-refractivity contribution < 1.29 is 14.3 Å². The SMILES string of the molecule is CCOc1ccc2cc(C(=O)N3CCN(c4cccs4)C(=O)C3)[nH]c2c1. The van der Waals surface area contributed by atoms with Crippen LogP contribution < -0.4 is 9.64 Å². The molecule has 4 rings (SSSR count). The number of fused-ring (bicyclic) bond motifs is 1. The van der Waals surface area contributed by atoms with Gasteiger partial charge in [0.15, 0.2) is 0 Å². The standard InChI is InChI=1S/C19H19N3O3S/c1-2-25-14-6-5-13-10-16(20-15(13)11-14)19(24)21-7-8-22(17(23)12-21)18-4-3-9-26-18/h3-6,9-11,20H,2,7-8,12H2,1H3. The molecule has 2 amide bonds. The Hall–Kier alpha value is -2.80. The fourth-order valence-corrected chi connectivity index (χ4v) is 3.93. The summed E-state index contributed by atoms with van der Waals surface area (Å²) in [6.07, 6.45) is 0. The lowest BCUT2D eigenvalue weighted by Crippen LogP contribution is -2.52. The van der Waals surface area contributed by atoms with Gasteiger partial charge in [0.25, 0.3) is 5.91 Å². The predicted octanol–water partition coefficient (Wildman–Crippen LogP) is 3.12. The molecular formula is C19H19N3O3S. The number of benzene rings is 1. The highest BCUT2D eigenvalue weighted by atomic mass is 32.1. The number of amides is 2. The number of H-pyrrole nitrogens is 1. The van der Waals surface area contributed by atoms with Gasteiger partial charge in [0.2, 0.25) is 5.91 Å². The molecule has 0 unspecified atom stereocenters. The number of hydrogen-bond donors (Lipinski definition) is 1. The molecule has 1 aliphatic heterocycles. The average Bonchev–Trinajstić information content (AvgIpc) is 3.30. The molecule has 6 nitrogen and oxygen atoms in total. The highest BCUT2D eigenvalue weighted by Crippen LogP contribution is 2.25. The van der Waals surface area contributed by atoms with Gasteiger partial charge >= 0.3 is 0 Å².